The highest BCUT2D eigenvalue weighted by molar-refractivity contribution is 5.94. The number of hydrogen-bond donors (Lipinski definition) is 0. The van der Waals surface area contributed by atoms with E-state index in [-0.39, 0.29) is 12.0 Å². The molecule has 6 heteroatoms. The highest BCUT2D eigenvalue weighted by Gasteiger charge is 2.24. The smallest absolute Gasteiger partial charge is 0.254 e. The van der Waals surface area contributed by atoms with E-state index in [1.807, 2.05) is 12.1 Å². The molecule has 1 aliphatic heterocycles. The molecule has 0 bridgehead atoms. The SMILES string of the molecule is COc1ccc(C(=O)N2CCOC[C@H](Oc3cccnc3)C2)cc1. The maximum Gasteiger partial charge on any atom is 0.254 e. The number of methoxy groups -OCH3 is 1. The zero-order chi connectivity index (χ0) is 16.8. The van der Waals surface area contributed by atoms with Gasteiger partial charge in [0.05, 0.1) is 33.1 Å². The molecule has 0 N–H and O–H groups in total. The van der Waals surface area contributed by atoms with E-state index < -0.39 is 0 Å². The van der Waals surface area contributed by atoms with Gasteiger partial charge in [0.25, 0.3) is 5.91 Å². The minimum absolute atomic E-state index is 0.0389. The van der Waals surface area contributed by atoms with Crippen LogP contribution in [0, 0.1) is 0 Å². The number of ether oxygens (including phenoxy) is 3. The van der Waals surface area contributed by atoms with E-state index in [4.69, 9.17) is 14.2 Å². The molecule has 0 spiro atoms. The molecule has 6 nitrogen and oxygen atoms in total. The largest absolute Gasteiger partial charge is 0.497 e. The van der Waals surface area contributed by atoms with Crippen molar-refractivity contribution in [2.24, 2.45) is 0 Å². The van der Waals surface area contributed by atoms with Crippen molar-refractivity contribution in [3.8, 4) is 11.5 Å². The zero-order valence-electron chi connectivity index (χ0n) is 13.6. The van der Waals surface area contributed by atoms with Crippen molar-refractivity contribution < 1.29 is 19.0 Å². The summed E-state index contributed by atoms with van der Waals surface area (Å²) in [6, 6.07) is 10.8. The van der Waals surface area contributed by atoms with Crippen molar-refractivity contribution in [1.82, 2.24) is 9.88 Å². The second kappa shape index (κ2) is 7.79. The molecule has 1 aliphatic rings. The van der Waals surface area contributed by atoms with Gasteiger partial charge in [-0.1, -0.05) is 0 Å². The number of nitrogens with zero attached hydrogens (tertiary/aromatic N) is 2. The first kappa shape index (κ1) is 16.3. The third-order valence-electron chi connectivity index (χ3n) is 3.79. The van der Waals surface area contributed by atoms with Crippen LogP contribution >= 0.6 is 0 Å². The van der Waals surface area contributed by atoms with E-state index in [2.05, 4.69) is 4.98 Å². The maximum absolute atomic E-state index is 12.7. The first-order valence-electron chi connectivity index (χ1n) is 7.84. The van der Waals surface area contributed by atoms with Gasteiger partial charge < -0.3 is 19.1 Å². The number of benzene rings is 1. The van der Waals surface area contributed by atoms with Gasteiger partial charge in [-0.05, 0) is 36.4 Å². The number of hydrogen-bond acceptors (Lipinski definition) is 5. The molecule has 0 unspecified atom stereocenters. The Bertz CT molecular complexity index is 660. The summed E-state index contributed by atoms with van der Waals surface area (Å²) in [5, 5.41) is 0. The summed E-state index contributed by atoms with van der Waals surface area (Å²) in [4.78, 5) is 18.5. The molecular formula is C18H20N2O4. The first-order chi connectivity index (χ1) is 11.8. The fourth-order valence-corrected chi connectivity index (χ4v) is 2.56. The van der Waals surface area contributed by atoms with Crippen LogP contribution in [0.1, 0.15) is 10.4 Å². The van der Waals surface area contributed by atoms with Crippen LogP contribution in [0.25, 0.3) is 0 Å². The van der Waals surface area contributed by atoms with Gasteiger partial charge in [-0.15, -0.1) is 0 Å². The van der Waals surface area contributed by atoms with E-state index in [1.54, 1.807) is 48.7 Å². The van der Waals surface area contributed by atoms with Crippen LogP contribution in [0.15, 0.2) is 48.8 Å². The molecule has 1 fully saturated rings. The van der Waals surface area contributed by atoms with Crippen LogP contribution in [0.3, 0.4) is 0 Å². The normalized spacial score (nSPS) is 17.9. The van der Waals surface area contributed by atoms with E-state index in [1.165, 1.54) is 0 Å². The molecule has 0 aliphatic carbocycles. The number of carbonyl (C=O) groups is 1. The maximum atomic E-state index is 12.7. The quantitative estimate of drug-likeness (QED) is 0.859. The van der Waals surface area contributed by atoms with Gasteiger partial charge in [0, 0.05) is 18.3 Å². The van der Waals surface area contributed by atoms with E-state index >= 15 is 0 Å². The number of pyridine rings is 1. The molecule has 1 aromatic carbocycles. The molecule has 1 aromatic heterocycles. The minimum atomic E-state index is -0.223. The summed E-state index contributed by atoms with van der Waals surface area (Å²) in [6.45, 7) is 1.95. The van der Waals surface area contributed by atoms with Crippen molar-refractivity contribution in [2.45, 2.75) is 6.10 Å². The molecule has 2 aromatic rings. The van der Waals surface area contributed by atoms with Crippen LogP contribution in [0.4, 0.5) is 0 Å². The van der Waals surface area contributed by atoms with Gasteiger partial charge >= 0.3 is 0 Å². The molecule has 126 valence electrons. The molecule has 0 saturated carbocycles. The highest BCUT2D eigenvalue weighted by atomic mass is 16.5. The Morgan fingerprint density at radius 3 is 2.79 bits per heavy atom. The van der Waals surface area contributed by atoms with Crippen molar-refractivity contribution in [1.29, 1.82) is 0 Å². The van der Waals surface area contributed by atoms with E-state index in [0.29, 0.717) is 37.6 Å². The number of amides is 1. The van der Waals surface area contributed by atoms with E-state index in [0.717, 1.165) is 5.75 Å². The zero-order valence-corrected chi connectivity index (χ0v) is 13.6. The summed E-state index contributed by atoms with van der Waals surface area (Å²) < 4.78 is 16.6. The predicted molar refractivity (Wildman–Crippen MR) is 88.4 cm³/mol. The number of rotatable bonds is 4. The lowest BCUT2D eigenvalue weighted by atomic mass is 10.2. The Kier molecular flexibility index (Phi) is 5.28. The lowest BCUT2D eigenvalue weighted by Gasteiger charge is -2.24. The average molecular weight is 328 g/mol. The molecule has 1 saturated heterocycles. The molecule has 3 rings (SSSR count). The van der Waals surface area contributed by atoms with Crippen LogP contribution in [0.2, 0.25) is 0 Å². The van der Waals surface area contributed by atoms with Crippen LogP contribution in [-0.4, -0.2) is 55.3 Å². The summed E-state index contributed by atoms with van der Waals surface area (Å²) in [6.07, 6.45) is 3.12. The summed E-state index contributed by atoms with van der Waals surface area (Å²) in [5.74, 6) is 1.36. The highest BCUT2D eigenvalue weighted by Crippen LogP contribution is 2.16. The van der Waals surface area contributed by atoms with Crippen molar-refractivity contribution in [3.05, 3.63) is 54.4 Å². The van der Waals surface area contributed by atoms with Crippen LogP contribution in [0.5, 0.6) is 11.5 Å². The van der Waals surface area contributed by atoms with Gasteiger partial charge in [-0.3, -0.25) is 9.78 Å². The van der Waals surface area contributed by atoms with Crippen molar-refractivity contribution >= 4 is 5.91 Å². The van der Waals surface area contributed by atoms with Gasteiger partial charge in [-0.2, -0.15) is 0 Å². The van der Waals surface area contributed by atoms with Gasteiger partial charge in [0.1, 0.15) is 17.6 Å². The topological polar surface area (TPSA) is 60.9 Å². The molecule has 1 amide bonds. The standard InChI is InChI=1S/C18H20N2O4/c1-22-15-6-4-14(5-7-15)18(21)20-9-10-23-13-17(12-20)24-16-3-2-8-19-11-16/h2-8,11,17H,9-10,12-13H2,1H3/t17-/m1/s1. The van der Waals surface area contributed by atoms with Crippen molar-refractivity contribution in [2.75, 3.05) is 33.4 Å². The number of aromatic nitrogens is 1. The summed E-state index contributed by atoms with van der Waals surface area (Å²) >= 11 is 0. The summed E-state index contributed by atoms with van der Waals surface area (Å²) in [5.41, 5.74) is 0.623. The van der Waals surface area contributed by atoms with Crippen LogP contribution < -0.4 is 9.47 Å². The molecule has 2 heterocycles. The average Bonchev–Trinajstić information content (AvgIpc) is 2.87. The first-order valence-corrected chi connectivity index (χ1v) is 7.84. The third-order valence-corrected chi connectivity index (χ3v) is 3.79. The molecular weight excluding hydrogens is 308 g/mol. The van der Waals surface area contributed by atoms with Gasteiger partial charge in [0.2, 0.25) is 0 Å². The Morgan fingerprint density at radius 1 is 1.25 bits per heavy atom. The van der Waals surface area contributed by atoms with Crippen molar-refractivity contribution in [3.63, 3.8) is 0 Å². The molecule has 1 atom stereocenters. The van der Waals surface area contributed by atoms with Gasteiger partial charge in [-0.25, -0.2) is 0 Å². The Morgan fingerprint density at radius 2 is 2.08 bits per heavy atom. The van der Waals surface area contributed by atoms with Gasteiger partial charge in [0.15, 0.2) is 0 Å². The second-order valence-corrected chi connectivity index (χ2v) is 5.48. The second-order valence-electron chi connectivity index (χ2n) is 5.48. The third kappa shape index (κ3) is 4.02. The Hall–Kier alpha value is -2.60. The van der Waals surface area contributed by atoms with Crippen LogP contribution in [-0.2, 0) is 4.74 Å². The van der Waals surface area contributed by atoms with E-state index in [9.17, 15) is 4.79 Å². The molecule has 0 radical (unpaired) electrons. The predicted octanol–water partition coefficient (Wildman–Crippen LogP) is 2.01. The number of carbonyl (C=O) groups excluding carboxylic acids is 1. The summed E-state index contributed by atoms with van der Waals surface area (Å²) in [7, 11) is 1.60. The minimum Gasteiger partial charge on any atom is -0.497 e. The fraction of sp³-hybridized carbons (Fsp3) is 0.333. The molecule has 24 heavy (non-hydrogen) atoms. The lowest BCUT2D eigenvalue weighted by Crippen LogP contribution is -2.40. The Labute approximate surface area is 141 Å². The fourth-order valence-electron chi connectivity index (χ4n) is 2.56. The lowest BCUT2D eigenvalue weighted by molar-refractivity contribution is 0.0650. The Balaban J connectivity index is 1.68. The monoisotopic (exact) mass is 328 g/mol.